The molecule has 0 amide bonds. The Bertz CT molecular complexity index is 327. The fourth-order valence-electron chi connectivity index (χ4n) is 1.33. The molecular weight excluding hydrogens is 264 g/mol. The van der Waals surface area contributed by atoms with Crippen LogP contribution in [0.2, 0.25) is 0 Å². The first-order valence-corrected chi connectivity index (χ1v) is 6.62. The third-order valence-corrected chi connectivity index (χ3v) is 3.02. The molecule has 0 aliphatic heterocycles. The summed E-state index contributed by atoms with van der Waals surface area (Å²) in [5.74, 6) is 0.937. The molecule has 0 saturated heterocycles. The van der Waals surface area contributed by atoms with Crippen LogP contribution in [0.3, 0.4) is 0 Å². The van der Waals surface area contributed by atoms with Crippen LogP contribution in [0.15, 0.2) is 30.8 Å². The number of benzene rings is 1. The van der Waals surface area contributed by atoms with Gasteiger partial charge in [-0.2, -0.15) is 0 Å². The minimum absolute atomic E-state index is 0.305. The van der Waals surface area contributed by atoms with Gasteiger partial charge in [0, 0.05) is 4.83 Å². The number of hydrogen-bond acceptors (Lipinski definition) is 1. The van der Waals surface area contributed by atoms with Gasteiger partial charge >= 0.3 is 0 Å². The summed E-state index contributed by atoms with van der Waals surface area (Å²) in [7, 11) is 0. The predicted molar refractivity (Wildman–Crippen MR) is 74.3 cm³/mol. The quantitative estimate of drug-likeness (QED) is 0.545. The summed E-state index contributed by atoms with van der Waals surface area (Å²) in [6.07, 6.45) is 2.27. The Kier molecular flexibility index (Phi) is 5.61. The van der Waals surface area contributed by atoms with E-state index >= 15 is 0 Å². The number of ether oxygens (including phenoxy) is 1. The summed E-state index contributed by atoms with van der Waals surface area (Å²) >= 11 is 3.52. The second-order valence-electron chi connectivity index (χ2n) is 3.87. The van der Waals surface area contributed by atoms with E-state index in [0.29, 0.717) is 4.83 Å². The molecule has 88 valence electrons. The lowest BCUT2D eigenvalue weighted by atomic mass is 10.1. The molecule has 0 heterocycles. The second-order valence-corrected chi connectivity index (χ2v) is 5.24. The third kappa shape index (κ3) is 4.01. The molecule has 1 nitrogen and oxygen atoms in total. The summed E-state index contributed by atoms with van der Waals surface area (Å²) in [6, 6.07) is 8.12. The zero-order valence-electron chi connectivity index (χ0n) is 10.0. The van der Waals surface area contributed by atoms with Gasteiger partial charge in [0.2, 0.25) is 0 Å². The molecule has 0 aromatic heterocycles. The van der Waals surface area contributed by atoms with Crippen molar-refractivity contribution in [2.75, 3.05) is 6.61 Å². The van der Waals surface area contributed by atoms with Gasteiger partial charge in [0.05, 0.1) is 6.61 Å². The molecule has 0 aliphatic rings. The molecule has 1 aromatic rings. The minimum atomic E-state index is 0.305. The van der Waals surface area contributed by atoms with Gasteiger partial charge in [-0.15, -0.1) is 0 Å². The van der Waals surface area contributed by atoms with Crippen LogP contribution in [0.4, 0.5) is 0 Å². The maximum Gasteiger partial charge on any atom is 0.119 e. The van der Waals surface area contributed by atoms with Crippen molar-refractivity contribution in [1.29, 1.82) is 0 Å². The first kappa shape index (κ1) is 13.3. The summed E-state index contributed by atoms with van der Waals surface area (Å²) < 4.78 is 5.60. The molecule has 1 atom stereocenters. The van der Waals surface area contributed by atoms with Gasteiger partial charge in [0.1, 0.15) is 5.75 Å². The number of halogens is 1. The highest BCUT2D eigenvalue weighted by molar-refractivity contribution is 9.09. The van der Waals surface area contributed by atoms with Gasteiger partial charge in [-0.3, -0.25) is 0 Å². The maximum absolute atomic E-state index is 5.60. The molecule has 0 N–H and O–H groups in total. The van der Waals surface area contributed by atoms with Crippen molar-refractivity contribution in [3.05, 3.63) is 36.4 Å². The van der Waals surface area contributed by atoms with Gasteiger partial charge < -0.3 is 4.74 Å². The minimum Gasteiger partial charge on any atom is -0.494 e. The second kappa shape index (κ2) is 6.74. The summed E-state index contributed by atoms with van der Waals surface area (Å²) in [6.45, 7) is 9.08. The molecule has 2 heteroatoms. The Labute approximate surface area is 107 Å². The topological polar surface area (TPSA) is 9.23 Å². The van der Waals surface area contributed by atoms with Crippen LogP contribution in [0.1, 0.15) is 32.3 Å². The van der Waals surface area contributed by atoms with Crippen LogP contribution < -0.4 is 4.74 Å². The fourth-order valence-corrected chi connectivity index (χ4v) is 1.59. The predicted octanol–water partition coefficient (Wildman–Crippen LogP) is 4.66. The standard InChI is InChI=1S/C14H19BrO/c1-4-5-10-16-14-8-6-13(7-9-14)11(2)12(3)15/h6-9,12H,2,4-5,10H2,1,3H3. The van der Waals surface area contributed by atoms with Crippen molar-refractivity contribution in [1.82, 2.24) is 0 Å². The van der Waals surface area contributed by atoms with Crippen LogP contribution in [0.25, 0.3) is 5.57 Å². The summed E-state index contributed by atoms with van der Waals surface area (Å²) in [5, 5.41) is 0. The fraction of sp³-hybridized carbons (Fsp3) is 0.429. The monoisotopic (exact) mass is 282 g/mol. The number of unbranched alkanes of at least 4 members (excludes halogenated alkanes) is 1. The summed E-state index contributed by atoms with van der Waals surface area (Å²) in [4.78, 5) is 0.305. The highest BCUT2D eigenvalue weighted by atomic mass is 79.9. The Balaban J connectivity index is 2.57. The lowest BCUT2D eigenvalue weighted by Gasteiger charge is -2.10. The average Bonchev–Trinajstić information content (AvgIpc) is 2.29. The van der Waals surface area contributed by atoms with E-state index in [1.165, 1.54) is 0 Å². The van der Waals surface area contributed by atoms with E-state index in [0.717, 1.165) is 36.3 Å². The van der Waals surface area contributed by atoms with Crippen molar-refractivity contribution in [3.63, 3.8) is 0 Å². The molecule has 0 bridgehead atoms. The SMILES string of the molecule is C=C(c1ccc(OCCCC)cc1)C(C)Br. The number of allylic oxidation sites excluding steroid dienone is 1. The molecule has 1 aromatic carbocycles. The molecule has 16 heavy (non-hydrogen) atoms. The first-order chi connectivity index (χ1) is 7.65. The van der Waals surface area contributed by atoms with Gasteiger partial charge in [-0.25, -0.2) is 0 Å². The Morgan fingerprint density at radius 1 is 1.38 bits per heavy atom. The number of hydrogen-bond donors (Lipinski definition) is 0. The van der Waals surface area contributed by atoms with E-state index in [-0.39, 0.29) is 0 Å². The molecule has 0 saturated carbocycles. The molecule has 0 radical (unpaired) electrons. The molecular formula is C14H19BrO. The zero-order valence-corrected chi connectivity index (χ0v) is 11.6. The van der Waals surface area contributed by atoms with E-state index in [2.05, 4.69) is 48.5 Å². The Morgan fingerprint density at radius 2 is 2.00 bits per heavy atom. The molecule has 0 fully saturated rings. The number of rotatable bonds is 6. The van der Waals surface area contributed by atoms with Crippen LogP contribution in [-0.2, 0) is 0 Å². The van der Waals surface area contributed by atoms with Gasteiger partial charge in [0.15, 0.2) is 0 Å². The van der Waals surface area contributed by atoms with E-state index in [9.17, 15) is 0 Å². The lowest BCUT2D eigenvalue weighted by molar-refractivity contribution is 0.309. The normalized spacial score (nSPS) is 12.2. The van der Waals surface area contributed by atoms with Crippen LogP contribution in [0.5, 0.6) is 5.75 Å². The maximum atomic E-state index is 5.60. The lowest BCUT2D eigenvalue weighted by Crippen LogP contribution is -1.97. The Hall–Kier alpha value is -0.760. The van der Waals surface area contributed by atoms with Crippen molar-refractivity contribution >= 4 is 21.5 Å². The van der Waals surface area contributed by atoms with Gasteiger partial charge in [0.25, 0.3) is 0 Å². The Morgan fingerprint density at radius 3 is 2.50 bits per heavy atom. The van der Waals surface area contributed by atoms with Crippen molar-refractivity contribution in [2.24, 2.45) is 0 Å². The van der Waals surface area contributed by atoms with Gasteiger partial charge in [-0.05, 0) is 36.6 Å². The third-order valence-electron chi connectivity index (χ3n) is 2.47. The molecule has 1 rings (SSSR count). The van der Waals surface area contributed by atoms with E-state index < -0.39 is 0 Å². The largest absolute Gasteiger partial charge is 0.494 e. The van der Waals surface area contributed by atoms with Crippen molar-refractivity contribution < 1.29 is 4.74 Å². The van der Waals surface area contributed by atoms with E-state index in [1.54, 1.807) is 0 Å². The molecule has 0 aliphatic carbocycles. The first-order valence-electron chi connectivity index (χ1n) is 5.71. The molecule has 1 unspecified atom stereocenters. The van der Waals surface area contributed by atoms with Gasteiger partial charge in [-0.1, -0.05) is 48.0 Å². The van der Waals surface area contributed by atoms with Crippen LogP contribution in [-0.4, -0.2) is 11.4 Å². The highest BCUT2D eigenvalue weighted by Crippen LogP contribution is 2.23. The smallest absolute Gasteiger partial charge is 0.119 e. The van der Waals surface area contributed by atoms with Crippen LogP contribution >= 0.6 is 15.9 Å². The van der Waals surface area contributed by atoms with E-state index in [1.807, 2.05) is 12.1 Å². The van der Waals surface area contributed by atoms with Crippen molar-refractivity contribution in [2.45, 2.75) is 31.5 Å². The molecule has 0 spiro atoms. The average molecular weight is 283 g/mol. The van der Waals surface area contributed by atoms with Crippen molar-refractivity contribution in [3.8, 4) is 5.75 Å². The highest BCUT2D eigenvalue weighted by Gasteiger charge is 2.04. The van der Waals surface area contributed by atoms with Crippen LogP contribution in [0, 0.1) is 0 Å². The van der Waals surface area contributed by atoms with E-state index in [4.69, 9.17) is 4.74 Å². The number of alkyl halides is 1. The zero-order chi connectivity index (χ0) is 12.0. The summed E-state index contributed by atoms with van der Waals surface area (Å²) in [5.41, 5.74) is 2.26.